The van der Waals surface area contributed by atoms with Gasteiger partial charge in [-0.05, 0) is 25.0 Å². The number of rotatable bonds is 4. The zero-order chi connectivity index (χ0) is 15.1. The predicted molar refractivity (Wildman–Crippen MR) is 87.7 cm³/mol. The molecule has 22 heavy (non-hydrogen) atoms. The zero-order valence-corrected chi connectivity index (χ0v) is 13.1. The molecule has 6 heteroatoms. The SMILES string of the molecule is CN(Cc1cc(=O)n2nc(C3CC3)sc2n1)c1ccccc1. The second-order valence-electron chi connectivity index (χ2n) is 5.69. The number of hydrogen-bond donors (Lipinski definition) is 0. The van der Waals surface area contributed by atoms with Crippen molar-refractivity contribution in [1.82, 2.24) is 14.6 Å². The highest BCUT2D eigenvalue weighted by molar-refractivity contribution is 7.16. The Morgan fingerprint density at radius 2 is 2.09 bits per heavy atom. The van der Waals surface area contributed by atoms with Crippen LogP contribution in [0.4, 0.5) is 5.69 Å². The van der Waals surface area contributed by atoms with Crippen molar-refractivity contribution in [3.8, 4) is 0 Å². The molecule has 0 unspecified atom stereocenters. The largest absolute Gasteiger partial charge is 0.369 e. The average Bonchev–Trinajstić information content (AvgIpc) is 3.28. The molecule has 0 N–H and O–H groups in total. The molecular formula is C16H16N4OS. The van der Waals surface area contributed by atoms with Crippen LogP contribution in [0.15, 0.2) is 41.2 Å². The maximum Gasteiger partial charge on any atom is 0.275 e. The predicted octanol–water partition coefficient (Wildman–Crippen LogP) is 2.66. The summed E-state index contributed by atoms with van der Waals surface area (Å²) < 4.78 is 1.43. The van der Waals surface area contributed by atoms with Gasteiger partial charge in [0.05, 0.1) is 12.2 Å². The van der Waals surface area contributed by atoms with Crippen LogP contribution in [0.2, 0.25) is 0 Å². The van der Waals surface area contributed by atoms with Gasteiger partial charge in [-0.1, -0.05) is 29.5 Å². The van der Waals surface area contributed by atoms with Crippen LogP contribution in [0.3, 0.4) is 0 Å². The summed E-state index contributed by atoms with van der Waals surface area (Å²) >= 11 is 1.54. The Morgan fingerprint density at radius 1 is 1.32 bits per heavy atom. The number of aromatic nitrogens is 3. The van der Waals surface area contributed by atoms with Crippen molar-refractivity contribution in [2.75, 3.05) is 11.9 Å². The third kappa shape index (κ3) is 2.50. The lowest BCUT2D eigenvalue weighted by Crippen LogP contribution is -2.21. The van der Waals surface area contributed by atoms with Crippen LogP contribution in [0.5, 0.6) is 0 Å². The number of benzene rings is 1. The van der Waals surface area contributed by atoms with Gasteiger partial charge in [0.1, 0.15) is 5.01 Å². The first-order valence-electron chi connectivity index (χ1n) is 7.36. The van der Waals surface area contributed by atoms with E-state index in [1.807, 2.05) is 37.4 Å². The summed E-state index contributed by atoms with van der Waals surface area (Å²) in [5.41, 5.74) is 1.79. The summed E-state index contributed by atoms with van der Waals surface area (Å²) in [4.78, 5) is 19.6. The molecule has 1 aliphatic carbocycles. The fraction of sp³-hybridized carbons (Fsp3) is 0.312. The molecule has 112 valence electrons. The van der Waals surface area contributed by atoms with Crippen molar-refractivity contribution in [2.45, 2.75) is 25.3 Å². The molecule has 1 fully saturated rings. The van der Waals surface area contributed by atoms with Crippen LogP contribution >= 0.6 is 11.3 Å². The zero-order valence-electron chi connectivity index (χ0n) is 12.3. The third-order valence-electron chi connectivity index (χ3n) is 3.84. The van der Waals surface area contributed by atoms with Crippen LogP contribution in [-0.4, -0.2) is 21.6 Å². The lowest BCUT2D eigenvalue weighted by molar-refractivity contribution is 0.823. The molecule has 2 heterocycles. The van der Waals surface area contributed by atoms with Crippen LogP contribution in [0, 0.1) is 0 Å². The Kier molecular flexibility index (Phi) is 3.18. The van der Waals surface area contributed by atoms with Gasteiger partial charge in [0.25, 0.3) is 5.56 Å². The van der Waals surface area contributed by atoms with Crippen molar-refractivity contribution in [2.24, 2.45) is 0 Å². The fourth-order valence-corrected chi connectivity index (χ4v) is 3.56. The van der Waals surface area contributed by atoms with Crippen molar-refractivity contribution < 1.29 is 0 Å². The molecule has 1 saturated carbocycles. The molecule has 0 atom stereocenters. The lowest BCUT2D eigenvalue weighted by atomic mass is 10.3. The highest BCUT2D eigenvalue weighted by atomic mass is 32.1. The van der Waals surface area contributed by atoms with Gasteiger partial charge in [-0.3, -0.25) is 4.79 Å². The Morgan fingerprint density at radius 3 is 2.82 bits per heavy atom. The van der Waals surface area contributed by atoms with Gasteiger partial charge < -0.3 is 4.90 Å². The first kappa shape index (κ1) is 13.5. The molecule has 0 bridgehead atoms. The molecular weight excluding hydrogens is 296 g/mol. The maximum absolute atomic E-state index is 12.2. The summed E-state index contributed by atoms with van der Waals surface area (Å²) in [6.45, 7) is 0.604. The Labute approximate surface area is 131 Å². The normalized spacial score (nSPS) is 14.4. The molecule has 5 nitrogen and oxygen atoms in total. The lowest BCUT2D eigenvalue weighted by Gasteiger charge is -2.18. The van der Waals surface area contributed by atoms with Gasteiger partial charge in [-0.15, -0.1) is 0 Å². The number of hydrogen-bond acceptors (Lipinski definition) is 5. The van der Waals surface area contributed by atoms with Crippen LogP contribution < -0.4 is 10.5 Å². The van der Waals surface area contributed by atoms with E-state index in [1.54, 1.807) is 17.4 Å². The van der Waals surface area contributed by atoms with Crippen molar-refractivity contribution in [1.29, 1.82) is 0 Å². The molecule has 0 saturated heterocycles. The van der Waals surface area contributed by atoms with E-state index in [4.69, 9.17) is 0 Å². The Hall–Kier alpha value is -2.21. The summed E-state index contributed by atoms with van der Waals surface area (Å²) in [7, 11) is 2.00. The van der Waals surface area contributed by atoms with Crippen molar-refractivity contribution in [3.05, 3.63) is 57.5 Å². The monoisotopic (exact) mass is 312 g/mol. The highest BCUT2D eigenvalue weighted by Gasteiger charge is 2.28. The number of fused-ring (bicyclic) bond motifs is 1. The molecule has 0 radical (unpaired) electrons. The Balaban J connectivity index is 1.65. The van der Waals surface area contributed by atoms with Gasteiger partial charge >= 0.3 is 0 Å². The molecule has 4 rings (SSSR count). The first-order valence-corrected chi connectivity index (χ1v) is 8.18. The second kappa shape index (κ2) is 5.21. The Bertz CT molecular complexity index is 867. The minimum Gasteiger partial charge on any atom is -0.369 e. The van der Waals surface area contributed by atoms with E-state index in [2.05, 4.69) is 15.0 Å². The van der Waals surface area contributed by atoms with Gasteiger partial charge in [-0.25, -0.2) is 4.98 Å². The van der Waals surface area contributed by atoms with Crippen LogP contribution in [0.1, 0.15) is 29.5 Å². The summed E-state index contributed by atoms with van der Waals surface area (Å²) in [6, 6.07) is 11.7. The van der Waals surface area contributed by atoms with Gasteiger partial charge in [0.2, 0.25) is 4.96 Å². The topological polar surface area (TPSA) is 50.5 Å². The smallest absolute Gasteiger partial charge is 0.275 e. The molecule has 1 aromatic carbocycles. The number of anilines is 1. The van der Waals surface area contributed by atoms with E-state index in [9.17, 15) is 4.79 Å². The minimum atomic E-state index is -0.0930. The standard InChI is InChI=1S/C16H16N4OS/c1-19(13-5-3-2-4-6-13)10-12-9-14(21)20-16(17-12)22-15(18-20)11-7-8-11/h2-6,9,11H,7-8,10H2,1H3. The van der Waals surface area contributed by atoms with Crippen LogP contribution in [0.25, 0.3) is 4.96 Å². The second-order valence-corrected chi connectivity index (χ2v) is 6.67. The van der Waals surface area contributed by atoms with E-state index in [1.165, 1.54) is 17.4 Å². The van der Waals surface area contributed by atoms with Crippen molar-refractivity contribution in [3.63, 3.8) is 0 Å². The van der Waals surface area contributed by atoms with Gasteiger partial charge in [-0.2, -0.15) is 9.61 Å². The molecule has 0 spiro atoms. The van der Waals surface area contributed by atoms with Crippen LogP contribution in [-0.2, 0) is 6.54 Å². The van der Waals surface area contributed by atoms with Gasteiger partial charge in [0, 0.05) is 24.7 Å². The fourth-order valence-electron chi connectivity index (χ4n) is 2.46. The molecule has 3 aromatic rings. The number of para-hydroxylation sites is 1. The highest BCUT2D eigenvalue weighted by Crippen LogP contribution is 2.41. The summed E-state index contributed by atoms with van der Waals surface area (Å²) in [6.07, 6.45) is 2.36. The molecule has 1 aliphatic rings. The van der Waals surface area contributed by atoms with E-state index >= 15 is 0 Å². The number of nitrogens with zero attached hydrogens (tertiary/aromatic N) is 4. The average molecular weight is 312 g/mol. The van der Waals surface area contributed by atoms with E-state index in [-0.39, 0.29) is 5.56 Å². The van der Waals surface area contributed by atoms with Crippen molar-refractivity contribution >= 4 is 22.0 Å². The van der Waals surface area contributed by atoms with E-state index in [0.29, 0.717) is 17.4 Å². The maximum atomic E-state index is 12.2. The summed E-state index contributed by atoms with van der Waals surface area (Å²) in [5.74, 6) is 0.543. The van der Waals surface area contributed by atoms with E-state index in [0.717, 1.165) is 16.4 Å². The van der Waals surface area contributed by atoms with E-state index < -0.39 is 0 Å². The molecule has 2 aromatic heterocycles. The minimum absolute atomic E-state index is 0.0930. The quantitative estimate of drug-likeness (QED) is 0.743. The first-order chi connectivity index (χ1) is 10.7. The molecule has 0 aliphatic heterocycles. The molecule has 0 amide bonds. The van der Waals surface area contributed by atoms with Gasteiger partial charge in [0.15, 0.2) is 0 Å². The third-order valence-corrected chi connectivity index (χ3v) is 4.91. The summed E-state index contributed by atoms with van der Waals surface area (Å²) in [5, 5.41) is 5.44.